The summed E-state index contributed by atoms with van der Waals surface area (Å²) in [5.41, 5.74) is 0. The van der Waals surface area contributed by atoms with E-state index in [9.17, 15) is 0 Å². The highest BCUT2D eigenvalue weighted by Gasteiger charge is 2.18. The first-order chi connectivity index (χ1) is 8.81. The molecule has 1 saturated carbocycles. The number of hydrogen-bond donors (Lipinski definition) is 1. The normalized spacial score (nSPS) is 20.6. The summed E-state index contributed by atoms with van der Waals surface area (Å²) >= 11 is 0. The van der Waals surface area contributed by atoms with Crippen LogP contribution in [0, 0.1) is 6.92 Å². The monoisotopic (exact) mass is 246 g/mol. The molecule has 2 heterocycles. The molecule has 0 spiro atoms. The Bertz CT molecular complexity index is 406. The Hall–Kier alpha value is -1.32. The molecule has 0 radical (unpaired) electrons. The van der Waals surface area contributed by atoms with E-state index in [4.69, 9.17) is 0 Å². The fraction of sp³-hybridized carbons (Fsp3) is 0.714. The van der Waals surface area contributed by atoms with E-state index in [1.165, 1.54) is 38.5 Å². The van der Waals surface area contributed by atoms with Gasteiger partial charge in [-0.15, -0.1) is 0 Å². The highest BCUT2D eigenvalue weighted by Crippen LogP contribution is 2.24. The lowest BCUT2D eigenvalue weighted by Gasteiger charge is -2.19. The smallest absolute Gasteiger partial charge is 0.134 e. The molecule has 1 aromatic rings. The van der Waals surface area contributed by atoms with E-state index in [1.54, 1.807) is 0 Å². The molecule has 0 aromatic carbocycles. The maximum atomic E-state index is 4.57. The van der Waals surface area contributed by atoms with Gasteiger partial charge in [0.05, 0.1) is 0 Å². The van der Waals surface area contributed by atoms with E-state index in [2.05, 4.69) is 26.3 Å². The molecular formula is C14H22N4. The van der Waals surface area contributed by atoms with Gasteiger partial charge in [-0.05, 0) is 32.6 Å². The lowest BCUT2D eigenvalue weighted by Crippen LogP contribution is -2.21. The first-order valence-corrected chi connectivity index (χ1v) is 7.18. The molecule has 0 unspecified atom stereocenters. The van der Waals surface area contributed by atoms with Crippen molar-refractivity contribution in [2.45, 2.75) is 51.5 Å². The van der Waals surface area contributed by atoms with E-state index in [1.807, 2.05) is 6.92 Å². The summed E-state index contributed by atoms with van der Waals surface area (Å²) in [4.78, 5) is 11.5. The molecule has 4 heteroatoms. The number of aryl methyl sites for hydroxylation is 1. The third-order valence-corrected chi connectivity index (χ3v) is 3.96. The van der Waals surface area contributed by atoms with Crippen LogP contribution < -0.4 is 10.2 Å². The zero-order chi connectivity index (χ0) is 12.4. The first kappa shape index (κ1) is 11.8. The van der Waals surface area contributed by atoms with Gasteiger partial charge < -0.3 is 10.2 Å². The van der Waals surface area contributed by atoms with Crippen LogP contribution in [-0.4, -0.2) is 29.1 Å². The van der Waals surface area contributed by atoms with Gasteiger partial charge in [0.25, 0.3) is 0 Å². The summed E-state index contributed by atoms with van der Waals surface area (Å²) in [6.07, 6.45) is 7.83. The van der Waals surface area contributed by atoms with Crippen LogP contribution in [0.5, 0.6) is 0 Å². The molecule has 0 bridgehead atoms. The lowest BCUT2D eigenvalue weighted by atomic mass is 10.2. The van der Waals surface area contributed by atoms with Crippen molar-refractivity contribution >= 4 is 11.6 Å². The van der Waals surface area contributed by atoms with Crippen LogP contribution in [0.15, 0.2) is 6.07 Å². The topological polar surface area (TPSA) is 41.1 Å². The van der Waals surface area contributed by atoms with Crippen LogP contribution in [-0.2, 0) is 0 Å². The third-order valence-electron chi connectivity index (χ3n) is 3.96. The molecular weight excluding hydrogens is 224 g/mol. The average molecular weight is 246 g/mol. The molecule has 0 amide bonds. The van der Waals surface area contributed by atoms with Gasteiger partial charge in [0.1, 0.15) is 17.5 Å². The summed E-state index contributed by atoms with van der Waals surface area (Å²) < 4.78 is 0. The van der Waals surface area contributed by atoms with E-state index in [0.717, 1.165) is 30.5 Å². The largest absolute Gasteiger partial charge is 0.367 e. The zero-order valence-corrected chi connectivity index (χ0v) is 11.2. The van der Waals surface area contributed by atoms with Gasteiger partial charge in [0.15, 0.2) is 0 Å². The van der Waals surface area contributed by atoms with E-state index >= 15 is 0 Å². The molecule has 1 aromatic heterocycles. The van der Waals surface area contributed by atoms with Gasteiger partial charge in [-0.1, -0.05) is 12.8 Å². The van der Waals surface area contributed by atoms with Crippen molar-refractivity contribution in [1.29, 1.82) is 0 Å². The second kappa shape index (κ2) is 5.12. The summed E-state index contributed by atoms with van der Waals surface area (Å²) in [6.45, 7) is 4.26. The van der Waals surface area contributed by atoms with E-state index in [0.29, 0.717) is 6.04 Å². The molecule has 4 nitrogen and oxygen atoms in total. The summed E-state index contributed by atoms with van der Waals surface area (Å²) in [5, 5.41) is 3.57. The van der Waals surface area contributed by atoms with Crippen LogP contribution in [0.1, 0.15) is 44.3 Å². The van der Waals surface area contributed by atoms with Gasteiger partial charge >= 0.3 is 0 Å². The summed E-state index contributed by atoms with van der Waals surface area (Å²) in [7, 11) is 0. The minimum absolute atomic E-state index is 0.616. The molecule has 1 N–H and O–H groups in total. The maximum absolute atomic E-state index is 4.57. The van der Waals surface area contributed by atoms with E-state index < -0.39 is 0 Å². The number of rotatable bonds is 3. The second-order valence-corrected chi connectivity index (χ2v) is 5.48. The van der Waals surface area contributed by atoms with Gasteiger partial charge in [-0.25, -0.2) is 9.97 Å². The van der Waals surface area contributed by atoms with Crippen LogP contribution in [0.3, 0.4) is 0 Å². The fourth-order valence-corrected chi connectivity index (χ4v) is 3.01. The van der Waals surface area contributed by atoms with Gasteiger partial charge in [0.2, 0.25) is 0 Å². The molecule has 1 aliphatic heterocycles. The molecule has 2 aliphatic rings. The molecule has 98 valence electrons. The third kappa shape index (κ3) is 2.57. The average Bonchev–Trinajstić information content (AvgIpc) is 3.00. The molecule has 1 aliphatic carbocycles. The number of nitrogens with one attached hydrogen (secondary N) is 1. The lowest BCUT2D eigenvalue weighted by molar-refractivity contribution is 0.747. The quantitative estimate of drug-likeness (QED) is 0.890. The molecule has 0 atom stereocenters. The SMILES string of the molecule is Cc1nc(NC2CCCC2)cc(N2CCCC2)n1. The number of anilines is 2. The molecule has 18 heavy (non-hydrogen) atoms. The Morgan fingerprint density at radius 3 is 2.56 bits per heavy atom. The maximum Gasteiger partial charge on any atom is 0.134 e. The summed E-state index contributed by atoms with van der Waals surface area (Å²) in [5.74, 6) is 2.98. The van der Waals surface area contributed by atoms with Crippen LogP contribution >= 0.6 is 0 Å². The van der Waals surface area contributed by atoms with Crippen molar-refractivity contribution in [2.24, 2.45) is 0 Å². The molecule has 3 rings (SSSR count). The Balaban J connectivity index is 1.76. The highest BCUT2D eigenvalue weighted by molar-refractivity contribution is 5.50. The van der Waals surface area contributed by atoms with Crippen LogP contribution in [0.25, 0.3) is 0 Å². The predicted octanol–water partition coefficient (Wildman–Crippen LogP) is 2.74. The van der Waals surface area contributed by atoms with Crippen LogP contribution in [0.2, 0.25) is 0 Å². The molecule has 2 fully saturated rings. The van der Waals surface area contributed by atoms with Gasteiger partial charge in [-0.2, -0.15) is 0 Å². The van der Waals surface area contributed by atoms with Crippen molar-refractivity contribution < 1.29 is 0 Å². The van der Waals surface area contributed by atoms with Crippen molar-refractivity contribution in [3.05, 3.63) is 11.9 Å². The van der Waals surface area contributed by atoms with Gasteiger partial charge in [-0.3, -0.25) is 0 Å². The Morgan fingerprint density at radius 2 is 1.83 bits per heavy atom. The van der Waals surface area contributed by atoms with Crippen molar-refractivity contribution in [3.8, 4) is 0 Å². The highest BCUT2D eigenvalue weighted by atomic mass is 15.2. The zero-order valence-electron chi connectivity index (χ0n) is 11.2. The first-order valence-electron chi connectivity index (χ1n) is 7.18. The Kier molecular flexibility index (Phi) is 3.35. The summed E-state index contributed by atoms with van der Waals surface area (Å²) in [6, 6.07) is 2.74. The molecule has 1 saturated heterocycles. The van der Waals surface area contributed by atoms with Crippen molar-refractivity contribution in [3.63, 3.8) is 0 Å². The minimum atomic E-state index is 0.616. The Labute approximate surface area is 109 Å². The number of hydrogen-bond acceptors (Lipinski definition) is 4. The van der Waals surface area contributed by atoms with Gasteiger partial charge in [0, 0.05) is 25.2 Å². The standard InChI is InChI=1S/C14H22N4/c1-11-15-13(17-12-6-2-3-7-12)10-14(16-11)18-8-4-5-9-18/h10,12H,2-9H2,1H3,(H,15,16,17). The number of nitrogens with zero attached hydrogens (tertiary/aromatic N) is 3. The van der Waals surface area contributed by atoms with Crippen molar-refractivity contribution in [1.82, 2.24) is 9.97 Å². The number of aromatic nitrogens is 2. The van der Waals surface area contributed by atoms with Crippen molar-refractivity contribution in [2.75, 3.05) is 23.3 Å². The Morgan fingerprint density at radius 1 is 1.11 bits per heavy atom. The second-order valence-electron chi connectivity index (χ2n) is 5.48. The predicted molar refractivity (Wildman–Crippen MR) is 74.1 cm³/mol. The van der Waals surface area contributed by atoms with Crippen LogP contribution in [0.4, 0.5) is 11.6 Å². The van der Waals surface area contributed by atoms with E-state index in [-0.39, 0.29) is 0 Å². The minimum Gasteiger partial charge on any atom is -0.367 e. The fourth-order valence-electron chi connectivity index (χ4n) is 3.01.